The lowest BCUT2D eigenvalue weighted by Crippen LogP contribution is -2.36. The zero-order valence-electron chi connectivity index (χ0n) is 15.1. The van der Waals surface area contributed by atoms with E-state index in [-0.39, 0.29) is 24.5 Å². The number of anilines is 2. The number of hydrogen-bond donors (Lipinski definition) is 1. The van der Waals surface area contributed by atoms with Crippen molar-refractivity contribution in [3.63, 3.8) is 0 Å². The standard InChI is InChI=1S/C18H22N4O5/c1-21-17(24)7-6-15(20-21)18(25)27-12-16(23)19-13-2-4-14(5-3-13)22-8-10-26-11-9-22/h2-5H,6-12H2,1H3,(H,19,23). The molecule has 0 saturated carbocycles. The fraction of sp³-hybridized carbons (Fsp3) is 0.444. The fourth-order valence-corrected chi connectivity index (χ4v) is 2.81. The van der Waals surface area contributed by atoms with E-state index in [1.165, 1.54) is 7.05 Å². The molecule has 0 unspecified atom stereocenters. The summed E-state index contributed by atoms with van der Waals surface area (Å²) in [6, 6.07) is 7.46. The van der Waals surface area contributed by atoms with E-state index in [1.54, 1.807) is 12.1 Å². The molecule has 2 heterocycles. The number of carbonyl (C=O) groups excluding carboxylic acids is 3. The maximum atomic E-state index is 12.0. The SMILES string of the molecule is CN1N=C(C(=O)OCC(=O)Nc2ccc(N3CCOCC3)cc2)CCC1=O. The first-order valence-electron chi connectivity index (χ1n) is 8.77. The van der Waals surface area contributed by atoms with E-state index in [0.717, 1.165) is 23.8 Å². The Labute approximate surface area is 156 Å². The largest absolute Gasteiger partial charge is 0.451 e. The van der Waals surface area contributed by atoms with E-state index in [0.29, 0.717) is 18.9 Å². The number of morpholine rings is 1. The number of nitrogens with zero attached hydrogens (tertiary/aromatic N) is 3. The van der Waals surface area contributed by atoms with Gasteiger partial charge >= 0.3 is 5.97 Å². The quantitative estimate of drug-likeness (QED) is 0.758. The average molecular weight is 374 g/mol. The molecule has 1 aromatic rings. The lowest BCUT2D eigenvalue weighted by Gasteiger charge is -2.28. The van der Waals surface area contributed by atoms with Crippen LogP contribution in [0, 0.1) is 0 Å². The lowest BCUT2D eigenvalue weighted by molar-refractivity contribution is -0.141. The van der Waals surface area contributed by atoms with Crippen LogP contribution < -0.4 is 10.2 Å². The van der Waals surface area contributed by atoms with Crippen molar-refractivity contribution in [1.29, 1.82) is 0 Å². The number of nitrogens with one attached hydrogen (secondary N) is 1. The van der Waals surface area contributed by atoms with Gasteiger partial charge in [0.25, 0.3) is 5.91 Å². The minimum atomic E-state index is -0.688. The van der Waals surface area contributed by atoms with Gasteiger partial charge in [0.1, 0.15) is 5.71 Å². The van der Waals surface area contributed by atoms with Crippen LogP contribution in [0.25, 0.3) is 0 Å². The molecule has 0 atom stereocenters. The molecule has 1 fully saturated rings. The monoisotopic (exact) mass is 374 g/mol. The topological polar surface area (TPSA) is 101 Å². The molecule has 0 bridgehead atoms. The van der Waals surface area contributed by atoms with Crippen molar-refractivity contribution < 1.29 is 23.9 Å². The van der Waals surface area contributed by atoms with E-state index in [1.807, 2.05) is 12.1 Å². The first kappa shape index (κ1) is 18.8. The molecule has 0 spiro atoms. The van der Waals surface area contributed by atoms with Gasteiger partial charge in [-0.05, 0) is 24.3 Å². The summed E-state index contributed by atoms with van der Waals surface area (Å²) in [6.45, 7) is 2.68. The summed E-state index contributed by atoms with van der Waals surface area (Å²) in [5.41, 5.74) is 1.82. The summed E-state index contributed by atoms with van der Waals surface area (Å²) in [5, 5.41) is 7.65. The van der Waals surface area contributed by atoms with E-state index < -0.39 is 18.5 Å². The molecule has 27 heavy (non-hydrogen) atoms. The molecular weight excluding hydrogens is 352 g/mol. The third-order valence-electron chi connectivity index (χ3n) is 4.30. The zero-order chi connectivity index (χ0) is 19.2. The molecule has 1 saturated heterocycles. The second-order valence-corrected chi connectivity index (χ2v) is 6.23. The maximum Gasteiger partial charge on any atom is 0.355 e. The van der Waals surface area contributed by atoms with Crippen molar-refractivity contribution in [3.05, 3.63) is 24.3 Å². The first-order valence-corrected chi connectivity index (χ1v) is 8.77. The second-order valence-electron chi connectivity index (χ2n) is 6.23. The molecule has 0 aliphatic carbocycles. The van der Waals surface area contributed by atoms with Crippen LogP contribution >= 0.6 is 0 Å². The highest BCUT2D eigenvalue weighted by Crippen LogP contribution is 2.19. The van der Waals surface area contributed by atoms with Gasteiger partial charge in [0.05, 0.1) is 13.2 Å². The van der Waals surface area contributed by atoms with Crippen LogP contribution in [-0.4, -0.2) is 68.5 Å². The lowest BCUT2D eigenvalue weighted by atomic mass is 10.2. The van der Waals surface area contributed by atoms with Crippen molar-refractivity contribution in [1.82, 2.24) is 5.01 Å². The van der Waals surface area contributed by atoms with Crippen molar-refractivity contribution >= 4 is 34.9 Å². The minimum Gasteiger partial charge on any atom is -0.451 e. The van der Waals surface area contributed by atoms with Gasteiger partial charge in [-0.25, -0.2) is 9.80 Å². The number of carbonyl (C=O) groups is 3. The predicted octanol–water partition coefficient (Wildman–Crippen LogP) is 0.613. The van der Waals surface area contributed by atoms with E-state index in [9.17, 15) is 14.4 Å². The molecule has 2 aliphatic heterocycles. The van der Waals surface area contributed by atoms with Crippen molar-refractivity contribution in [3.8, 4) is 0 Å². The number of hydrogen-bond acceptors (Lipinski definition) is 7. The van der Waals surface area contributed by atoms with Crippen LogP contribution in [0.3, 0.4) is 0 Å². The Balaban J connectivity index is 1.47. The van der Waals surface area contributed by atoms with Crippen LogP contribution in [0.4, 0.5) is 11.4 Å². The van der Waals surface area contributed by atoms with Crippen LogP contribution in [0.2, 0.25) is 0 Å². The molecule has 1 N–H and O–H groups in total. The number of hydrazone groups is 1. The number of benzene rings is 1. The van der Waals surface area contributed by atoms with Gasteiger partial charge in [-0.2, -0.15) is 5.10 Å². The van der Waals surface area contributed by atoms with Gasteiger partial charge in [0, 0.05) is 44.4 Å². The Kier molecular flexibility index (Phi) is 6.02. The molecule has 144 valence electrons. The van der Waals surface area contributed by atoms with Gasteiger partial charge in [-0.3, -0.25) is 9.59 Å². The van der Waals surface area contributed by atoms with Crippen molar-refractivity contribution in [2.24, 2.45) is 5.10 Å². The third kappa shape index (κ3) is 5.04. The number of rotatable bonds is 5. The Morgan fingerprint density at radius 1 is 1.19 bits per heavy atom. The molecule has 3 rings (SSSR count). The van der Waals surface area contributed by atoms with Crippen LogP contribution in [0.5, 0.6) is 0 Å². The van der Waals surface area contributed by atoms with Crippen LogP contribution in [0.1, 0.15) is 12.8 Å². The summed E-state index contributed by atoms with van der Waals surface area (Å²) in [4.78, 5) is 37.5. The van der Waals surface area contributed by atoms with E-state index in [2.05, 4.69) is 15.3 Å². The molecule has 0 radical (unpaired) electrons. The summed E-state index contributed by atoms with van der Waals surface area (Å²) < 4.78 is 10.3. The van der Waals surface area contributed by atoms with Gasteiger partial charge < -0.3 is 19.7 Å². The molecule has 2 aliphatic rings. The molecular formula is C18H22N4O5. The summed E-state index contributed by atoms with van der Waals surface area (Å²) in [6.07, 6.45) is 0.415. The van der Waals surface area contributed by atoms with E-state index in [4.69, 9.17) is 9.47 Å². The normalized spacial score (nSPS) is 17.4. The number of esters is 1. The number of amides is 2. The number of ether oxygens (including phenoxy) is 2. The summed E-state index contributed by atoms with van der Waals surface area (Å²) in [7, 11) is 1.47. The highest BCUT2D eigenvalue weighted by molar-refractivity contribution is 6.37. The highest BCUT2D eigenvalue weighted by atomic mass is 16.5. The summed E-state index contributed by atoms with van der Waals surface area (Å²) in [5.74, 6) is -1.29. The minimum absolute atomic E-state index is 0.139. The van der Waals surface area contributed by atoms with Gasteiger partial charge in [-0.1, -0.05) is 0 Å². The molecule has 1 aromatic carbocycles. The first-order chi connectivity index (χ1) is 13.0. The fourth-order valence-electron chi connectivity index (χ4n) is 2.81. The van der Waals surface area contributed by atoms with E-state index >= 15 is 0 Å². The van der Waals surface area contributed by atoms with Crippen LogP contribution in [0.15, 0.2) is 29.4 Å². The molecule has 2 amide bonds. The Morgan fingerprint density at radius 3 is 2.56 bits per heavy atom. The van der Waals surface area contributed by atoms with Gasteiger partial charge in [0.2, 0.25) is 5.91 Å². The molecule has 9 nitrogen and oxygen atoms in total. The summed E-state index contributed by atoms with van der Waals surface area (Å²) >= 11 is 0. The Bertz CT molecular complexity index is 741. The maximum absolute atomic E-state index is 12.0. The van der Waals surface area contributed by atoms with Gasteiger partial charge in [0.15, 0.2) is 6.61 Å². The van der Waals surface area contributed by atoms with Crippen molar-refractivity contribution in [2.75, 3.05) is 50.2 Å². The molecule has 0 aromatic heterocycles. The predicted molar refractivity (Wildman–Crippen MR) is 98.5 cm³/mol. The molecule has 9 heteroatoms. The second kappa shape index (κ2) is 8.63. The van der Waals surface area contributed by atoms with Crippen molar-refractivity contribution in [2.45, 2.75) is 12.8 Å². The third-order valence-corrected chi connectivity index (χ3v) is 4.30. The average Bonchev–Trinajstić information content (AvgIpc) is 2.69. The smallest absolute Gasteiger partial charge is 0.355 e. The highest BCUT2D eigenvalue weighted by Gasteiger charge is 2.23. The van der Waals surface area contributed by atoms with Gasteiger partial charge in [-0.15, -0.1) is 0 Å². The zero-order valence-corrected chi connectivity index (χ0v) is 15.1. The Morgan fingerprint density at radius 2 is 1.89 bits per heavy atom. The van der Waals surface area contributed by atoms with Crippen LogP contribution in [-0.2, 0) is 23.9 Å². The Hall–Kier alpha value is -2.94.